The van der Waals surface area contributed by atoms with Crippen molar-refractivity contribution >= 4 is 11.9 Å². The lowest BCUT2D eigenvalue weighted by Gasteiger charge is -2.26. The van der Waals surface area contributed by atoms with Gasteiger partial charge in [0.1, 0.15) is 24.0 Å². The molecule has 0 aliphatic heterocycles. The van der Waals surface area contributed by atoms with Crippen molar-refractivity contribution in [2.75, 3.05) is 6.61 Å². The maximum absolute atomic E-state index is 13.9. The summed E-state index contributed by atoms with van der Waals surface area (Å²) in [4.78, 5) is 40.8. The molecule has 2 N–H and O–H groups in total. The first-order valence-electron chi connectivity index (χ1n) is 14.9. The fraction of sp³-hybridized carbons (Fsp3) is 0.216. The van der Waals surface area contributed by atoms with E-state index in [0.29, 0.717) is 34.7 Å². The number of carbonyl (C=O) groups is 2. The summed E-state index contributed by atoms with van der Waals surface area (Å²) >= 11 is 0. The van der Waals surface area contributed by atoms with E-state index in [1.807, 2.05) is 42.5 Å². The highest BCUT2D eigenvalue weighted by Crippen LogP contribution is 2.33. The lowest BCUT2D eigenvalue weighted by Crippen LogP contribution is -2.43. The smallest absolute Gasteiger partial charge is 0.420 e. The third kappa shape index (κ3) is 7.62. The van der Waals surface area contributed by atoms with Gasteiger partial charge < -0.3 is 24.3 Å². The summed E-state index contributed by atoms with van der Waals surface area (Å²) in [5, 5.41) is 13.3. The van der Waals surface area contributed by atoms with Crippen LogP contribution < -0.4 is 15.8 Å². The molecule has 0 saturated carbocycles. The molecule has 0 spiro atoms. The number of nitrogens with zero attached hydrogens (tertiary/aromatic N) is 1. The molecule has 0 radical (unpaired) electrons. The largest absolute Gasteiger partial charge is 0.489 e. The number of hydrogen-bond acceptors (Lipinski definition) is 7. The van der Waals surface area contributed by atoms with Crippen LogP contribution in [0.2, 0.25) is 0 Å². The summed E-state index contributed by atoms with van der Waals surface area (Å²) in [5.74, 6) is -1.50. The van der Waals surface area contributed by atoms with Crippen molar-refractivity contribution in [3.8, 4) is 28.3 Å². The normalized spacial score (nSPS) is 12.6. The predicted molar refractivity (Wildman–Crippen MR) is 174 cm³/mol. The Morgan fingerprint density at radius 1 is 0.826 bits per heavy atom. The predicted octanol–water partition coefficient (Wildman–Crippen LogP) is 6.09. The SMILES string of the molecule is CC(C)(C)OC(=O)[C@H](NC(=O)[C@H](CO)n1c(-c2ccccc2)c(-c2ccccc2)oc1=O)c1ccc(OCc2ccccc2)cc1. The first-order valence-corrected chi connectivity index (χ1v) is 14.9. The molecule has 0 aliphatic carbocycles. The number of carbonyl (C=O) groups excluding carboxylic acids is 2. The standard InChI is InChI=1S/C37H36N2O7/c1-37(2,3)46-35(42)31(26-19-21-29(22-20-26)44-24-25-13-7-4-8-14-25)38-34(41)30(23-40)39-32(27-15-9-5-10-16-27)33(45-36(39)43)28-17-11-6-12-18-28/h4-22,30-31,40H,23-24H2,1-3H3,(H,38,41)/t30-,31+/m0/s1. The van der Waals surface area contributed by atoms with E-state index in [1.54, 1.807) is 93.6 Å². The van der Waals surface area contributed by atoms with Crippen LogP contribution >= 0.6 is 0 Å². The topological polar surface area (TPSA) is 120 Å². The lowest BCUT2D eigenvalue weighted by atomic mass is 10.0. The number of nitrogens with one attached hydrogen (secondary N) is 1. The maximum atomic E-state index is 13.9. The number of hydrogen-bond donors (Lipinski definition) is 2. The molecule has 1 amide bonds. The summed E-state index contributed by atoms with van der Waals surface area (Å²) in [6.07, 6.45) is 0. The summed E-state index contributed by atoms with van der Waals surface area (Å²) in [6, 6.07) is 31.8. The van der Waals surface area contributed by atoms with E-state index >= 15 is 0 Å². The van der Waals surface area contributed by atoms with Crippen molar-refractivity contribution in [2.45, 2.75) is 45.1 Å². The van der Waals surface area contributed by atoms with E-state index in [2.05, 4.69) is 5.32 Å². The number of rotatable bonds is 11. The van der Waals surface area contributed by atoms with Crippen molar-refractivity contribution in [3.63, 3.8) is 0 Å². The Morgan fingerprint density at radius 3 is 1.96 bits per heavy atom. The minimum Gasteiger partial charge on any atom is -0.489 e. The van der Waals surface area contributed by atoms with Crippen molar-refractivity contribution in [1.82, 2.24) is 9.88 Å². The van der Waals surface area contributed by atoms with Crippen LogP contribution in [-0.2, 0) is 20.9 Å². The van der Waals surface area contributed by atoms with Crippen molar-refractivity contribution in [3.05, 3.63) is 137 Å². The molecule has 4 aromatic carbocycles. The zero-order valence-electron chi connectivity index (χ0n) is 25.9. The van der Waals surface area contributed by atoms with Crippen LogP contribution in [0.4, 0.5) is 0 Å². The van der Waals surface area contributed by atoms with Crippen LogP contribution in [0.15, 0.2) is 124 Å². The molecule has 0 unspecified atom stereocenters. The van der Waals surface area contributed by atoms with Gasteiger partial charge in [-0.05, 0) is 44.0 Å². The Morgan fingerprint density at radius 2 is 1.39 bits per heavy atom. The molecule has 236 valence electrons. The lowest BCUT2D eigenvalue weighted by molar-refractivity contribution is -0.159. The highest BCUT2D eigenvalue weighted by Gasteiger charge is 2.34. The fourth-order valence-electron chi connectivity index (χ4n) is 4.98. The Labute approximate surface area is 267 Å². The second kappa shape index (κ2) is 14.1. The van der Waals surface area contributed by atoms with Crippen LogP contribution in [0.5, 0.6) is 5.75 Å². The second-order valence-electron chi connectivity index (χ2n) is 11.7. The summed E-state index contributed by atoms with van der Waals surface area (Å²) < 4.78 is 18.4. The average molecular weight is 621 g/mol. The molecular weight excluding hydrogens is 584 g/mol. The summed E-state index contributed by atoms with van der Waals surface area (Å²) in [6.45, 7) is 4.79. The fourth-order valence-corrected chi connectivity index (χ4v) is 4.98. The van der Waals surface area contributed by atoms with E-state index in [-0.39, 0.29) is 5.76 Å². The van der Waals surface area contributed by atoms with Crippen molar-refractivity contribution < 1.29 is 28.6 Å². The van der Waals surface area contributed by atoms with Gasteiger partial charge in [0.25, 0.3) is 0 Å². The Balaban J connectivity index is 1.47. The number of esters is 1. The zero-order valence-corrected chi connectivity index (χ0v) is 25.9. The van der Waals surface area contributed by atoms with Gasteiger partial charge in [-0.25, -0.2) is 9.59 Å². The molecule has 9 nitrogen and oxygen atoms in total. The quantitative estimate of drug-likeness (QED) is 0.172. The van der Waals surface area contributed by atoms with E-state index in [4.69, 9.17) is 13.9 Å². The molecule has 0 saturated heterocycles. The molecule has 2 atom stereocenters. The number of benzene rings is 4. The molecule has 0 aliphatic rings. The van der Waals surface area contributed by atoms with E-state index in [9.17, 15) is 19.5 Å². The molecule has 9 heteroatoms. The van der Waals surface area contributed by atoms with E-state index in [0.717, 1.165) is 10.1 Å². The number of aliphatic hydroxyl groups excluding tert-OH is 1. The van der Waals surface area contributed by atoms with Gasteiger partial charge in [0.15, 0.2) is 11.8 Å². The molecule has 0 bridgehead atoms. The third-order valence-electron chi connectivity index (χ3n) is 7.10. The van der Waals surface area contributed by atoms with Crippen LogP contribution in [-0.4, -0.2) is 33.8 Å². The van der Waals surface area contributed by atoms with Gasteiger partial charge in [0.05, 0.1) is 12.3 Å². The number of ether oxygens (including phenoxy) is 2. The van der Waals surface area contributed by atoms with Gasteiger partial charge in [-0.2, -0.15) is 0 Å². The van der Waals surface area contributed by atoms with Crippen molar-refractivity contribution in [1.29, 1.82) is 0 Å². The van der Waals surface area contributed by atoms with Crippen LogP contribution in [0.25, 0.3) is 22.6 Å². The Kier molecular flexibility index (Phi) is 9.83. The highest BCUT2D eigenvalue weighted by atomic mass is 16.6. The molecule has 5 aromatic rings. The van der Waals surface area contributed by atoms with Gasteiger partial charge >= 0.3 is 11.7 Å². The third-order valence-corrected chi connectivity index (χ3v) is 7.10. The van der Waals surface area contributed by atoms with E-state index in [1.165, 1.54) is 0 Å². The zero-order chi connectivity index (χ0) is 32.7. The van der Waals surface area contributed by atoms with Gasteiger partial charge in [0, 0.05) is 11.1 Å². The Hall–Kier alpha value is -5.41. The van der Waals surface area contributed by atoms with Crippen molar-refractivity contribution in [2.24, 2.45) is 0 Å². The molecular formula is C37H36N2O7. The molecule has 46 heavy (non-hydrogen) atoms. The Bertz CT molecular complexity index is 1810. The molecule has 0 fully saturated rings. The first-order chi connectivity index (χ1) is 22.1. The minimum absolute atomic E-state index is 0.248. The number of oxazole rings is 1. The van der Waals surface area contributed by atoms with Crippen LogP contribution in [0.3, 0.4) is 0 Å². The summed E-state index contributed by atoms with van der Waals surface area (Å²) in [5.41, 5.74) is 2.13. The van der Waals surface area contributed by atoms with Gasteiger partial charge in [-0.15, -0.1) is 0 Å². The average Bonchev–Trinajstić information content (AvgIpc) is 3.40. The van der Waals surface area contributed by atoms with Gasteiger partial charge in [0.2, 0.25) is 5.91 Å². The van der Waals surface area contributed by atoms with E-state index < -0.39 is 41.9 Å². The first kappa shape index (κ1) is 32.0. The summed E-state index contributed by atoms with van der Waals surface area (Å²) in [7, 11) is 0. The molecule has 5 rings (SSSR count). The minimum atomic E-state index is -1.43. The second-order valence-corrected chi connectivity index (χ2v) is 11.7. The van der Waals surface area contributed by atoms with Crippen LogP contribution in [0.1, 0.15) is 44.0 Å². The van der Waals surface area contributed by atoms with Gasteiger partial charge in [-0.3, -0.25) is 9.36 Å². The number of aromatic nitrogens is 1. The molecule has 1 heterocycles. The number of amides is 1. The molecule has 1 aromatic heterocycles. The van der Waals surface area contributed by atoms with Gasteiger partial charge in [-0.1, -0.05) is 103 Å². The monoisotopic (exact) mass is 620 g/mol. The van der Waals surface area contributed by atoms with Crippen LogP contribution in [0, 0.1) is 0 Å². The maximum Gasteiger partial charge on any atom is 0.420 e. The number of aliphatic hydroxyl groups is 1. The highest BCUT2D eigenvalue weighted by molar-refractivity contribution is 5.89.